The molecule has 0 heterocycles. The predicted molar refractivity (Wildman–Crippen MR) is 67.5 cm³/mol. The van der Waals surface area contributed by atoms with Crippen LogP contribution < -0.4 is 0 Å². The molecule has 1 unspecified atom stereocenters. The van der Waals surface area contributed by atoms with Crippen molar-refractivity contribution in [3.05, 3.63) is 12.8 Å². The van der Waals surface area contributed by atoms with Crippen molar-refractivity contribution in [2.45, 2.75) is 52.9 Å². The molecule has 0 aliphatic heterocycles. The molecule has 0 aromatic rings. The van der Waals surface area contributed by atoms with Crippen LogP contribution >= 0.6 is 0 Å². The minimum atomic E-state index is -0.672. The molecule has 0 aliphatic carbocycles. The van der Waals surface area contributed by atoms with Gasteiger partial charge in [-0.2, -0.15) is 0 Å². The molecule has 4 nitrogen and oxygen atoms in total. The Morgan fingerprint density at radius 2 is 2.00 bits per heavy atom. The van der Waals surface area contributed by atoms with Gasteiger partial charge in [0.05, 0.1) is 6.26 Å². The monoisotopic (exact) mass is 244 g/mol. The fourth-order valence-electron chi connectivity index (χ4n) is 1.09. The molecule has 0 aromatic carbocycles. The fourth-order valence-corrected chi connectivity index (χ4v) is 1.09. The molecule has 0 bridgehead atoms. The van der Waals surface area contributed by atoms with Gasteiger partial charge in [0.1, 0.15) is 0 Å². The number of hydrogen-bond donors (Lipinski definition) is 1. The van der Waals surface area contributed by atoms with Crippen molar-refractivity contribution >= 4 is 11.9 Å². The van der Waals surface area contributed by atoms with Gasteiger partial charge in [-0.15, -0.1) is 0 Å². The number of esters is 1. The molecule has 0 aliphatic rings. The molecule has 4 heteroatoms. The Morgan fingerprint density at radius 1 is 1.41 bits per heavy atom. The van der Waals surface area contributed by atoms with E-state index in [9.17, 15) is 9.59 Å². The topological polar surface area (TPSA) is 63.6 Å². The standard InChI is InChI=1S/C9H18O2.C4H6O2/c1-3-8(2)6-4-5-7-9(10)11;1-3-6-4(2)5/h8H,3-7H2,1-2H3,(H,10,11);3H,1H2,2H3. The van der Waals surface area contributed by atoms with Gasteiger partial charge < -0.3 is 9.84 Å². The van der Waals surface area contributed by atoms with Crippen LogP contribution in [0.25, 0.3) is 0 Å². The van der Waals surface area contributed by atoms with Gasteiger partial charge in [-0.1, -0.05) is 39.7 Å². The number of rotatable bonds is 7. The Morgan fingerprint density at radius 3 is 2.29 bits per heavy atom. The minimum Gasteiger partial charge on any atom is -0.481 e. The van der Waals surface area contributed by atoms with Crippen LogP contribution in [-0.2, 0) is 14.3 Å². The molecule has 1 atom stereocenters. The summed E-state index contributed by atoms with van der Waals surface area (Å²) in [4.78, 5) is 19.9. The number of carbonyl (C=O) groups excluding carboxylic acids is 1. The highest BCUT2D eigenvalue weighted by Crippen LogP contribution is 2.11. The van der Waals surface area contributed by atoms with Gasteiger partial charge >= 0.3 is 11.9 Å². The lowest BCUT2D eigenvalue weighted by Crippen LogP contribution is -1.96. The van der Waals surface area contributed by atoms with Crippen molar-refractivity contribution in [3.8, 4) is 0 Å². The zero-order valence-corrected chi connectivity index (χ0v) is 11.1. The highest BCUT2D eigenvalue weighted by molar-refractivity contribution is 5.66. The van der Waals surface area contributed by atoms with Crippen molar-refractivity contribution < 1.29 is 19.4 Å². The number of hydrogen-bond acceptors (Lipinski definition) is 3. The Bertz CT molecular complexity index is 223. The van der Waals surface area contributed by atoms with E-state index < -0.39 is 5.97 Å². The number of carboxylic acids is 1. The molecular formula is C13H24O4. The highest BCUT2D eigenvalue weighted by Gasteiger charge is 2.00. The van der Waals surface area contributed by atoms with Gasteiger partial charge in [0.2, 0.25) is 0 Å². The summed E-state index contributed by atoms with van der Waals surface area (Å²) in [5, 5.41) is 8.34. The third kappa shape index (κ3) is 20.7. The molecule has 0 saturated carbocycles. The third-order valence-corrected chi connectivity index (χ3v) is 2.28. The summed E-state index contributed by atoms with van der Waals surface area (Å²) in [5.41, 5.74) is 0. The Kier molecular flexibility index (Phi) is 13.5. The lowest BCUT2D eigenvalue weighted by Gasteiger charge is -2.05. The average molecular weight is 244 g/mol. The maximum atomic E-state index is 10.1. The lowest BCUT2D eigenvalue weighted by molar-refractivity contribution is -0.137. The van der Waals surface area contributed by atoms with Crippen molar-refractivity contribution in [2.75, 3.05) is 0 Å². The van der Waals surface area contributed by atoms with Crippen molar-refractivity contribution in [1.82, 2.24) is 0 Å². The van der Waals surface area contributed by atoms with Gasteiger partial charge in [-0.3, -0.25) is 9.59 Å². The molecule has 0 rings (SSSR count). The molecule has 0 fully saturated rings. The number of aliphatic carboxylic acids is 1. The number of carboxylic acid groups (broad SMARTS) is 1. The van der Waals surface area contributed by atoms with E-state index in [2.05, 4.69) is 25.2 Å². The maximum absolute atomic E-state index is 10.1. The molecule has 0 saturated heterocycles. The fraction of sp³-hybridized carbons (Fsp3) is 0.692. The summed E-state index contributed by atoms with van der Waals surface area (Å²) >= 11 is 0. The minimum absolute atomic E-state index is 0.329. The predicted octanol–water partition coefficient (Wildman–Crippen LogP) is 3.37. The molecule has 100 valence electrons. The first kappa shape index (κ1) is 18.1. The van der Waals surface area contributed by atoms with Crippen LogP contribution in [0.3, 0.4) is 0 Å². The quantitative estimate of drug-likeness (QED) is 0.423. The lowest BCUT2D eigenvalue weighted by atomic mass is 10.0. The zero-order valence-electron chi connectivity index (χ0n) is 11.1. The second-order valence-corrected chi connectivity index (χ2v) is 3.93. The maximum Gasteiger partial charge on any atom is 0.307 e. The van der Waals surface area contributed by atoms with Crippen LogP contribution in [0.2, 0.25) is 0 Å². The van der Waals surface area contributed by atoms with Gasteiger partial charge in [0.15, 0.2) is 0 Å². The largest absolute Gasteiger partial charge is 0.481 e. The van der Waals surface area contributed by atoms with Crippen LogP contribution in [0.15, 0.2) is 12.8 Å². The summed E-state index contributed by atoms with van der Waals surface area (Å²) in [6.45, 7) is 8.86. The zero-order chi connectivity index (χ0) is 13.7. The average Bonchev–Trinajstić information content (AvgIpc) is 2.24. The number of carbonyl (C=O) groups is 2. The van der Waals surface area contributed by atoms with Crippen LogP contribution in [0.1, 0.15) is 52.9 Å². The van der Waals surface area contributed by atoms with E-state index in [4.69, 9.17) is 5.11 Å². The SMILES string of the molecule is C=COC(C)=O.CCC(C)CCCCC(=O)O. The molecule has 0 radical (unpaired) electrons. The third-order valence-electron chi connectivity index (χ3n) is 2.28. The van der Waals surface area contributed by atoms with Gasteiger partial charge in [-0.25, -0.2) is 0 Å². The van der Waals surface area contributed by atoms with Gasteiger partial charge in [0, 0.05) is 13.3 Å². The normalized spacial score (nSPS) is 10.8. The Hall–Kier alpha value is -1.32. The first-order valence-corrected chi connectivity index (χ1v) is 5.93. The molecule has 0 spiro atoms. The van der Waals surface area contributed by atoms with Crippen molar-refractivity contribution in [2.24, 2.45) is 5.92 Å². The van der Waals surface area contributed by atoms with E-state index >= 15 is 0 Å². The van der Waals surface area contributed by atoms with Crippen LogP contribution in [0.5, 0.6) is 0 Å². The van der Waals surface area contributed by atoms with Crippen LogP contribution in [0.4, 0.5) is 0 Å². The van der Waals surface area contributed by atoms with Crippen LogP contribution in [-0.4, -0.2) is 17.0 Å². The summed E-state index contributed by atoms with van der Waals surface area (Å²) in [6, 6.07) is 0. The van der Waals surface area contributed by atoms with Gasteiger partial charge in [0.25, 0.3) is 0 Å². The van der Waals surface area contributed by atoms with E-state index in [1.54, 1.807) is 0 Å². The summed E-state index contributed by atoms with van der Waals surface area (Å²) < 4.78 is 4.17. The molecule has 17 heavy (non-hydrogen) atoms. The molecule has 1 N–H and O–H groups in total. The summed E-state index contributed by atoms with van der Waals surface area (Å²) in [7, 11) is 0. The Labute approximate surface area is 104 Å². The number of unbranched alkanes of at least 4 members (excludes halogenated alkanes) is 1. The van der Waals surface area contributed by atoms with E-state index in [1.165, 1.54) is 19.8 Å². The summed E-state index contributed by atoms with van der Waals surface area (Å²) in [6.07, 6.45) is 5.69. The van der Waals surface area contributed by atoms with E-state index in [0.29, 0.717) is 6.42 Å². The van der Waals surface area contributed by atoms with Crippen molar-refractivity contribution in [3.63, 3.8) is 0 Å². The van der Waals surface area contributed by atoms with Crippen molar-refractivity contribution in [1.29, 1.82) is 0 Å². The second-order valence-electron chi connectivity index (χ2n) is 3.93. The smallest absolute Gasteiger partial charge is 0.307 e. The summed E-state index contributed by atoms with van der Waals surface area (Å²) in [5.74, 6) is -0.247. The first-order chi connectivity index (χ1) is 7.93. The highest BCUT2D eigenvalue weighted by atomic mass is 16.5. The van der Waals surface area contributed by atoms with E-state index in [1.807, 2.05) is 0 Å². The van der Waals surface area contributed by atoms with Crippen LogP contribution in [0, 0.1) is 5.92 Å². The van der Waals surface area contributed by atoms with E-state index in [-0.39, 0.29) is 5.97 Å². The first-order valence-electron chi connectivity index (χ1n) is 5.93. The molecular weight excluding hydrogens is 220 g/mol. The number of ether oxygens (including phenoxy) is 1. The molecule has 0 amide bonds. The van der Waals surface area contributed by atoms with E-state index in [0.717, 1.165) is 25.0 Å². The second kappa shape index (κ2) is 12.7. The Balaban J connectivity index is 0. The van der Waals surface area contributed by atoms with Gasteiger partial charge in [-0.05, 0) is 12.3 Å². The molecule has 0 aromatic heterocycles.